The number of ether oxygens (including phenoxy) is 2. The number of carbonyl (C=O) groups excluding carboxylic acids is 1. The summed E-state index contributed by atoms with van der Waals surface area (Å²) in [5.74, 6) is 1.09. The molecule has 0 aliphatic heterocycles. The highest BCUT2D eigenvalue weighted by Gasteiger charge is 2.18. The molecule has 0 fully saturated rings. The van der Waals surface area contributed by atoms with Crippen LogP contribution in [0.2, 0.25) is 5.02 Å². The van der Waals surface area contributed by atoms with Gasteiger partial charge in [-0.05, 0) is 31.2 Å². The van der Waals surface area contributed by atoms with Crippen LogP contribution in [0.3, 0.4) is 0 Å². The molecular formula is C17H18ClNO3S. The summed E-state index contributed by atoms with van der Waals surface area (Å²) < 4.78 is 10.4. The molecule has 6 heteroatoms. The van der Waals surface area contributed by atoms with Crippen LogP contribution in [0.4, 0.5) is 5.69 Å². The Hall–Kier alpha value is -1.85. The highest BCUT2D eigenvalue weighted by molar-refractivity contribution is 8.00. The Morgan fingerprint density at radius 2 is 1.91 bits per heavy atom. The third-order valence-corrected chi connectivity index (χ3v) is 4.79. The van der Waals surface area contributed by atoms with Gasteiger partial charge in [-0.2, -0.15) is 0 Å². The molecule has 0 heterocycles. The number of hydrogen-bond donors (Lipinski definition) is 1. The summed E-state index contributed by atoms with van der Waals surface area (Å²) in [5, 5.41) is 3.19. The van der Waals surface area contributed by atoms with Gasteiger partial charge in [0.05, 0.1) is 30.2 Å². The van der Waals surface area contributed by atoms with Gasteiger partial charge in [0.25, 0.3) is 0 Å². The lowest BCUT2D eigenvalue weighted by Gasteiger charge is -2.15. The molecule has 1 unspecified atom stereocenters. The first-order valence-corrected chi connectivity index (χ1v) is 8.25. The average Bonchev–Trinajstić information content (AvgIpc) is 2.56. The van der Waals surface area contributed by atoms with Crippen LogP contribution in [0.5, 0.6) is 11.5 Å². The molecule has 0 saturated heterocycles. The average molecular weight is 352 g/mol. The molecule has 2 rings (SSSR count). The Labute approximate surface area is 145 Å². The van der Waals surface area contributed by atoms with E-state index < -0.39 is 0 Å². The van der Waals surface area contributed by atoms with Crippen molar-refractivity contribution in [3.05, 3.63) is 47.5 Å². The van der Waals surface area contributed by atoms with E-state index in [4.69, 9.17) is 21.1 Å². The van der Waals surface area contributed by atoms with Crippen LogP contribution in [-0.4, -0.2) is 25.4 Å². The fourth-order valence-electron chi connectivity index (χ4n) is 1.93. The summed E-state index contributed by atoms with van der Waals surface area (Å²) in [7, 11) is 3.13. The standard InChI is InChI=1S/C17H18ClNO3S/c1-11(23-16-7-5-4-6-13(16)18)17(20)19-14-10-12(21-2)8-9-15(14)22-3/h4-11H,1-3H3,(H,19,20). The Bertz CT molecular complexity index is 693. The van der Waals surface area contributed by atoms with Gasteiger partial charge in [0.15, 0.2) is 0 Å². The van der Waals surface area contributed by atoms with Crippen molar-refractivity contribution in [3.63, 3.8) is 0 Å². The van der Waals surface area contributed by atoms with Crippen LogP contribution >= 0.6 is 23.4 Å². The topological polar surface area (TPSA) is 47.6 Å². The van der Waals surface area contributed by atoms with Crippen LogP contribution in [0.25, 0.3) is 0 Å². The summed E-state index contributed by atoms with van der Waals surface area (Å²) >= 11 is 7.54. The van der Waals surface area contributed by atoms with Crippen LogP contribution in [0.15, 0.2) is 47.4 Å². The second-order valence-corrected chi connectivity index (χ2v) is 6.54. The van der Waals surface area contributed by atoms with E-state index in [0.717, 1.165) is 4.90 Å². The Balaban J connectivity index is 2.10. The van der Waals surface area contributed by atoms with Crippen molar-refractivity contribution in [2.24, 2.45) is 0 Å². The van der Waals surface area contributed by atoms with Crippen molar-refractivity contribution in [3.8, 4) is 11.5 Å². The van der Waals surface area contributed by atoms with Crippen molar-refractivity contribution in [1.82, 2.24) is 0 Å². The molecule has 0 bridgehead atoms. The van der Waals surface area contributed by atoms with Crippen molar-refractivity contribution in [2.45, 2.75) is 17.1 Å². The fraction of sp³-hybridized carbons (Fsp3) is 0.235. The van der Waals surface area contributed by atoms with Gasteiger partial charge in [0.2, 0.25) is 5.91 Å². The SMILES string of the molecule is COc1ccc(OC)c(NC(=O)C(C)Sc2ccccc2Cl)c1. The molecule has 0 aliphatic carbocycles. The minimum absolute atomic E-state index is 0.138. The molecule has 0 aromatic heterocycles. The first-order valence-electron chi connectivity index (χ1n) is 6.99. The summed E-state index contributed by atoms with van der Waals surface area (Å²) in [5.41, 5.74) is 0.573. The van der Waals surface area contributed by atoms with E-state index >= 15 is 0 Å². The van der Waals surface area contributed by atoms with Gasteiger partial charge in [-0.15, -0.1) is 11.8 Å². The highest BCUT2D eigenvalue weighted by Crippen LogP contribution is 2.32. The van der Waals surface area contributed by atoms with Crippen LogP contribution in [0, 0.1) is 0 Å². The van der Waals surface area contributed by atoms with Crippen LogP contribution in [0.1, 0.15) is 6.92 Å². The molecule has 0 spiro atoms. The monoisotopic (exact) mass is 351 g/mol. The summed E-state index contributed by atoms with van der Waals surface area (Å²) in [4.78, 5) is 13.3. The number of methoxy groups -OCH3 is 2. The van der Waals surface area contributed by atoms with E-state index in [2.05, 4.69) is 5.32 Å². The van der Waals surface area contributed by atoms with E-state index in [0.29, 0.717) is 22.2 Å². The fourth-order valence-corrected chi connectivity index (χ4v) is 3.08. The maximum Gasteiger partial charge on any atom is 0.237 e. The van der Waals surface area contributed by atoms with E-state index in [1.54, 1.807) is 38.5 Å². The number of hydrogen-bond acceptors (Lipinski definition) is 4. The normalized spacial score (nSPS) is 11.7. The van der Waals surface area contributed by atoms with E-state index in [-0.39, 0.29) is 11.2 Å². The predicted molar refractivity (Wildman–Crippen MR) is 94.9 cm³/mol. The van der Waals surface area contributed by atoms with Crippen LogP contribution in [-0.2, 0) is 4.79 Å². The zero-order chi connectivity index (χ0) is 16.8. The largest absolute Gasteiger partial charge is 0.497 e. The first-order chi connectivity index (χ1) is 11.0. The van der Waals surface area contributed by atoms with Gasteiger partial charge >= 0.3 is 0 Å². The predicted octanol–water partition coefficient (Wildman–Crippen LogP) is 4.48. The maximum atomic E-state index is 12.4. The lowest BCUT2D eigenvalue weighted by atomic mass is 10.2. The lowest BCUT2D eigenvalue weighted by Crippen LogP contribution is -2.22. The van der Waals surface area contributed by atoms with E-state index in [9.17, 15) is 4.79 Å². The second kappa shape index (κ2) is 8.13. The molecule has 1 N–H and O–H groups in total. The Kier molecular flexibility index (Phi) is 6.19. The van der Waals surface area contributed by atoms with Gasteiger partial charge in [-0.25, -0.2) is 0 Å². The van der Waals surface area contributed by atoms with E-state index in [1.165, 1.54) is 11.8 Å². The minimum atomic E-state index is -0.314. The summed E-state index contributed by atoms with van der Waals surface area (Å²) in [6, 6.07) is 12.7. The van der Waals surface area contributed by atoms with E-state index in [1.807, 2.05) is 25.1 Å². The van der Waals surface area contributed by atoms with Gasteiger partial charge < -0.3 is 14.8 Å². The maximum absolute atomic E-state index is 12.4. The number of thioether (sulfide) groups is 1. The third-order valence-electron chi connectivity index (χ3n) is 3.17. The molecule has 122 valence electrons. The van der Waals surface area contributed by atoms with Gasteiger partial charge in [-0.3, -0.25) is 4.79 Å². The van der Waals surface area contributed by atoms with Gasteiger partial charge in [-0.1, -0.05) is 23.7 Å². The van der Waals surface area contributed by atoms with Crippen molar-refractivity contribution in [2.75, 3.05) is 19.5 Å². The second-order valence-electron chi connectivity index (χ2n) is 4.75. The quantitative estimate of drug-likeness (QED) is 0.780. The molecule has 1 amide bonds. The number of halogens is 1. The molecule has 0 radical (unpaired) electrons. The molecule has 2 aromatic carbocycles. The van der Waals surface area contributed by atoms with Crippen LogP contribution < -0.4 is 14.8 Å². The Morgan fingerprint density at radius 3 is 2.57 bits per heavy atom. The van der Waals surface area contributed by atoms with Crippen molar-refractivity contribution < 1.29 is 14.3 Å². The highest BCUT2D eigenvalue weighted by atomic mass is 35.5. The summed E-state index contributed by atoms with van der Waals surface area (Å²) in [6.45, 7) is 1.83. The third kappa shape index (κ3) is 4.56. The zero-order valence-corrected chi connectivity index (χ0v) is 14.7. The minimum Gasteiger partial charge on any atom is -0.497 e. The Morgan fingerprint density at radius 1 is 1.17 bits per heavy atom. The molecule has 1 atom stereocenters. The summed E-state index contributed by atoms with van der Waals surface area (Å²) in [6.07, 6.45) is 0. The smallest absolute Gasteiger partial charge is 0.237 e. The molecule has 4 nitrogen and oxygen atoms in total. The number of carbonyl (C=O) groups is 1. The van der Waals surface area contributed by atoms with Gasteiger partial charge in [0.1, 0.15) is 11.5 Å². The number of benzene rings is 2. The number of nitrogens with one attached hydrogen (secondary N) is 1. The molecule has 2 aromatic rings. The van der Waals surface area contributed by atoms with Crippen molar-refractivity contribution >= 4 is 35.0 Å². The number of rotatable bonds is 6. The molecule has 0 aliphatic rings. The number of amides is 1. The van der Waals surface area contributed by atoms with Crippen molar-refractivity contribution in [1.29, 1.82) is 0 Å². The molecule has 0 saturated carbocycles. The number of anilines is 1. The molecule has 23 heavy (non-hydrogen) atoms. The lowest BCUT2D eigenvalue weighted by molar-refractivity contribution is -0.115. The first kappa shape index (κ1) is 17.5. The molecular weight excluding hydrogens is 334 g/mol. The van der Waals surface area contributed by atoms with Gasteiger partial charge in [0, 0.05) is 11.0 Å². The zero-order valence-electron chi connectivity index (χ0n) is 13.1.